The van der Waals surface area contributed by atoms with Gasteiger partial charge in [0.05, 0.1) is 59.4 Å². The van der Waals surface area contributed by atoms with Crippen LogP contribution in [0, 0.1) is 25.5 Å². The van der Waals surface area contributed by atoms with Crippen LogP contribution in [0.4, 0.5) is 4.79 Å². The van der Waals surface area contributed by atoms with Crippen LogP contribution in [-0.2, 0) is 37.2 Å². The molecule has 0 spiro atoms. The van der Waals surface area contributed by atoms with Gasteiger partial charge >= 0.3 is 6.09 Å². The molecule has 0 aliphatic carbocycles. The number of fused-ring (bicyclic) bond motifs is 2. The standard InChI is InChI=1S/C34H42N4O9S2/c1-20(2)15-38(49(41,42)26-9-10-31-28(14-26)21(3)37-47-31)16-30(39)29(36-34(40)46-32-18-45-33-27(32)11-12-43-33)13-23-5-7-25(8-6-23)44-17-24-19-48-22(4)35-24/h5-10,14,19-20,27,29-30,32-33,39H,11-13,15-18H2,1-4H3,(H,36,40)/t27-,29-,30+,32-,33+/m0/s1/i1D3,2D3,3D3,4D3,15D2,17D2,18D2,20D,32D. The normalized spacial score (nSPS) is 30.9. The summed E-state index contributed by atoms with van der Waals surface area (Å²) in [6.45, 7) is -25.7. The van der Waals surface area contributed by atoms with Gasteiger partial charge in [0, 0.05) is 44.4 Å². The number of ether oxygens (including phenoxy) is 4. The van der Waals surface area contributed by atoms with Crippen LogP contribution in [0.1, 0.15) is 69.5 Å². The Hall–Kier alpha value is -3.60. The maximum Gasteiger partial charge on any atom is 0.407 e. The number of carbonyl (C=O) groups excluding carboxylic acids is 1. The van der Waals surface area contributed by atoms with Gasteiger partial charge in [-0.15, -0.1) is 11.3 Å². The van der Waals surface area contributed by atoms with Crippen molar-refractivity contribution in [3.05, 3.63) is 69.8 Å². The van der Waals surface area contributed by atoms with E-state index in [0.717, 1.165) is 17.5 Å². The van der Waals surface area contributed by atoms with Crippen molar-refractivity contribution in [3.8, 4) is 5.75 Å². The number of carbonyl (C=O) groups is 1. The van der Waals surface area contributed by atoms with E-state index in [1.54, 1.807) is 0 Å². The summed E-state index contributed by atoms with van der Waals surface area (Å²) >= 11 is 0.670. The van der Waals surface area contributed by atoms with Gasteiger partial charge in [-0.1, -0.05) is 31.0 Å². The number of benzene rings is 2. The first-order chi connectivity index (χ1) is 31.3. The minimum atomic E-state index is -5.75. The number of sulfonamides is 1. The SMILES string of the molecule is [2H]C([2H])([2H])c1nc(C([2H])([2H])Oc2ccc(C[C@H](NC(=O)O[C@]3([2H])[C@@H]4CCO[C@@H]4OC3([2H])[2H])[C@H](O)CN(C([2H])([2H])C([2H])(C([2H])([2H])[2H])C([2H])([2H])[2H])S(=O)(=O)c3ccc4onc(C([2H])([2H])[2H])c4c3)cc2)cs1. The molecule has 15 heteroatoms. The van der Waals surface area contributed by atoms with E-state index in [4.69, 9.17) is 50.9 Å². The predicted octanol–water partition coefficient (Wildman–Crippen LogP) is 4.59. The van der Waals surface area contributed by atoms with E-state index in [-0.39, 0.29) is 40.6 Å². The molecule has 264 valence electrons. The topological polar surface area (TPSA) is 163 Å². The summed E-state index contributed by atoms with van der Waals surface area (Å²) in [7, 11) is -5.75. The van der Waals surface area contributed by atoms with E-state index in [0.29, 0.717) is 17.4 Å². The van der Waals surface area contributed by atoms with Crippen molar-refractivity contribution in [2.45, 2.75) is 76.2 Å². The first-order valence-corrected chi connectivity index (χ1v) is 16.7. The third-order valence-electron chi connectivity index (χ3n) is 7.40. The highest BCUT2D eigenvalue weighted by atomic mass is 32.2. The fraction of sp³-hybridized carbons (Fsp3) is 0.500. The number of alkyl carbamates (subject to hydrolysis) is 1. The molecule has 6 rings (SSSR count). The smallest absolute Gasteiger partial charge is 0.407 e. The summed E-state index contributed by atoms with van der Waals surface area (Å²) < 4.78 is 218. The van der Waals surface area contributed by atoms with E-state index in [9.17, 15) is 18.3 Å². The number of aryl methyl sites for hydroxylation is 2. The lowest BCUT2D eigenvalue weighted by Crippen LogP contribution is -2.51. The Morgan fingerprint density at radius 2 is 2.14 bits per heavy atom. The number of hydrogen-bond acceptors (Lipinski definition) is 12. The number of aromatic nitrogens is 2. The molecule has 2 aliphatic rings. The Labute approximate surface area is 317 Å². The first-order valence-electron chi connectivity index (χ1n) is 24.4. The van der Waals surface area contributed by atoms with Crippen LogP contribution < -0.4 is 10.1 Å². The number of amides is 1. The van der Waals surface area contributed by atoms with Crippen molar-refractivity contribution < 1.29 is 69.2 Å². The van der Waals surface area contributed by atoms with Crippen LogP contribution in [-0.4, -0.2) is 84.8 Å². The molecule has 2 aromatic heterocycles. The zero-order valence-electron chi connectivity index (χ0n) is 45.1. The van der Waals surface area contributed by atoms with Crippen molar-refractivity contribution in [1.29, 1.82) is 0 Å². The third-order valence-corrected chi connectivity index (χ3v) is 9.72. The highest BCUT2D eigenvalue weighted by Gasteiger charge is 2.44. The Morgan fingerprint density at radius 1 is 1.29 bits per heavy atom. The molecule has 13 nitrogen and oxygen atoms in total. The fourth-order valence-corrected chi connectivity index (χ4v) is 6.79. The van der Waals surface area contributed by atoms with Crippen LogP contribution >= 0.6 is 11.3 Å². The lowest BCUT2D eigenvalue weighted by Gasteiger charge is -2.31. The number of aliphatic hydroxyl groups is 1. The lowest BCUT2D eigenvalue weighted by molar-refractivity contribution is -0.0907. The Balaban J connectivity index is 1.41. The number of hydrogen-bond donors (Lipinski definition) is 2. The Kier molecular flexibility index (Phi) is 5.57. The summed E-state index contributed by atoms with van der Waals surface area (Å²) in [5.41, 5.74) is -1.33. The summed E-state index contributed by atoms with van der Waals surface area (Å²) in [4.78, 5) is 16.5. The van der Waals surface area contributed by atoms with Crippen molar-refractivity contribution in [3.63, 3.8) is 0 Å². The van der Waals surface area contributed by atoms with Gasteiger partial charge in [-0.2, -0.15) is 4.31 Å². The third kappa shape index (κ3) is 8.41. The molecule has 0 unspecified atom stereocenters. The van der Waals surface area contributed by atoms with Crippen molar-refractivity contribution in [2.24, 2.45) is 11.8 Å². The monoisotopic (exact) mass is 734 g/mol. The van der Waals surface area contributed by atoms with E-state index in [1.807, 2.05) is 0 Å². The quantitative estimate of drug-likeness (QED) is 0.186. The van der Waals surface area contributed by atoms with Crippen LogP contribution in [0.5, 0.6) is 5.75 Å². The maximum atomic E-state index is 14.8. The lowest BCUT2D eigenvalue weighted by atomic mass is 10.0. The molecule has 0 radical (unpaired) electrons. The first kappa shape index (κ1) is 18.1. The molecule has 2 aromatic carbocycles. The van der Waals surface area contributed by atoms with Crippen LogP contribution in [0.25, 0.3) is 11.0 Å². The maximum absolute atomic E-state index is 14.8. The molecular weight excluding hydrogens is 673 g/mol. The summed E-state index contributed by atoms with van der Waals surface area (Å²) in [5.74, 6) is -5.72. The second kappa shape index (κ2) is 15.1. The van der Waals surface area contributed by atoms with Crippen LogP contribution in [0.2, 0.25) is 0 Å². The molecule has 4 aromatic rings. The average Bonchev–Trinajstić information content (AvgIpc) is 4.01. The molecule has 2 fully saturated rings. The molecule has 49 heavy (non-hydrogen) atoms. The largest absolute Gasteiger partial charge is 0.487 e. The number of nitrogens with one attached hydrogen (secondary N) is 1. The summed E-state index contributed by atoms with van der Waals surface area (Å²) in [6.07, 6.45) is -8.90. The molecule has 4 heterocycles. The molecule has 5 atom stereocenters. The van der Waals surface area contributed by atoms with E-state index < -0.39 is 133 Å². The van der Waals surface area contributed by atoms with Gasteiger partial charge < -0.3 is 33.9 Å². The van der Waals surface area contributed by atoms with Gasteiger partial charge in [0.15, 0.2) is 11.9 Å². The van der Waals surface area contributed by atoms with Crippen molar-refractivity contribution >= 4 is 38.4 Å². The number of aliphatic hydroxyl groups excluding tert-OH is 1. The molecule has 2 N–H and O–H groups in total. The van der Waals surface area contributed by atoms with Gasteiger partial charge in [-0.05, 0) is 68.3 Å². The van der Waals surface area contributed by atoms with E-state index in [1.165, 1.54) is 24.3 Å². The van der Waals surface area contributed by atoms with Crippen molar-refractivity contribution in [2.75, 3.05) is 26.2 Å². The highest BCUT2D eigenvalue weighted by Crippen LogP contribution is 2.33. The van der Waals surface area contributed by atoms with Crippen LogP contribution in [0.3, 0.4) is 0 Å². The number of nitrogens with zero attached hydrogens (tertiary/aromatic N) is 3. The van der Waals surface area contributed by atoms with E-state index >= 15 is 0 Å². The minimum Gasteiger partial charge on any atom is -0.487 e. The zero-order valence-corrected chi connectivity index (χ0v) is 26.8. The number of rotatable bonds is 14. The average molecular weight is 735 g/mol. The van der Waals surface area contributed by atoms with Gasteiger partial charge in [0.25, 0.3) is 0 Å². The van der Waals surface area contributed by atoms with Gasteiger partial charge in [-0.3, -0.25) is 0 Å². The molecule has 1 amide bonds. The molecular formula is C34H42N4O9S2. The fourth-order valence-electron chi connectivity index (χ4n) is 5.00. The summed E-state index contributed by atoms with van der Waals surface area (Å²) in [5, 5.41) is 18.0. The van der Waals surface area contributed by atoms with Gasteiger partial charge in [0.2, 0.25) is 10.0 Å². The predicted molar refractivity (Wildman–Crippen MR) is 181 cm³/mol. The van der Waals surface area contributed by atoms with Gasteiger partial charge in [0.1, 0.15) is 18.4 Å². The minimum absolute atomic E-state index is 0.00939. The molecule has 2 aliphatic heterocycles. The Bertz CT molecular complexity index is 2620. The van der Waals surface area contributed by atoms with Crippen molar-refractivity contribution in [1.82, 2.24) is 19.8 Å². The van der Waals surface area contributed by atoms with E-state index in [2.05, 4.69) is 15.5 Å². The number of thiazole rings is 1. The Morgan fingerprint density at radius 3 is 2.92 bits per heavy atom. The second-order valence-corrected chi connectivity index (χ2v) is 13.4. The van der Waals surface area contributed by atoms with Crippen LogP contribution in [0.15, 0.2) is 57.3 Å². The molecule has 0 saturated carbocycles. The summed E-state index contributed by atoms with van der Waals surface area (Å²) in [6, 6.07) is 5.19. The van der Waals surface area contributed by atoms with Gasteiger partial charge in [-0.25, -0.2) is 18.2 Å². The zero-order chi connectivity index (χ0) is 51.9. The highest BCUT2D eigenvalue weighted by molar-refractivity contribution is 7.89. The molecule has 2 saturated heterocycles. The second-order valence-electron chi connectivity index (χ2n) is 10.7. The molecule has 0 bridgehead atoms.